The van der Waals surface area contributed by atoms with Gasteiger partial charge in [-0.05, 0) is 18.8 Å². The number of rotatable bonds is 4. The molecule has 0 saturated heterocycles. The Labute approximate surface area is 72.8 Å². The highest BCUT2D eigenvalue weighted by atomic mass is 15.4. The topological polar surface area (TPSA) is 56.7 Å². The van der Waals surface area contributed by atoms with Crippen LogP contribution in [0.1, 0.15) is 26.7 Å². The molecule has 2 N–H and O–H groups in total. The predicted molar refractivity (Wildman–Crippen MR) is 48.5 cm³/mol. The van der Waals surface area contributed by atoms with Gasteiger partial charge in [-0.25, -0.2) is 0 Å². The van der Waals surface area contributed by atoms with Gasteiger partial charge in [-0.15, -0.1) is 5.10 Å². The second kappa shape index (κ2) is 4.09. The molecule has 0 saturated carbocycles. The molecule has 0 spiro atoms. The van der Waals surface area contributed by atoms with Crippen LogP contribution in [-0.4, -0.2) is 15.0 Å². The molecule has 0 fully saturated rings. The standard InChI is InChI=1S/C8H16N4/c1-7(2)4-3-5-12-6-8(9)10-11-12/h6-7H,3-5,9H2,1-2H3. The van der Waals surface area contributed by atoms with Crippen molar-refractivity contribution in [1.29, 1.82) is 0 Å². The fourth-order valence-electron chi connectivity index (χ4n) is 1.08. The zero-order valence-electron chi connectivity index (χ0n) is 7.70. The van der Waals surface area contributed by atoms with Crippen molar-refractivity contribution >= 4 is 5.82 Å². The van der Waals surface area contributed by atoms with Crippen LogP contribution in [0, 0.1) is 5.92 Å². The maximum Gasteiger partial charge on any atom is 0.165 e. The van der Waals surface area contributed by atoms with E-state index in [0.29, 0.717) is 5.82 Å². The Morgan fingerprint density at radius 1 is 1.58 bits per heavy atom. The first-order chi connectivity index (χ1) is 5.68. The number of nitrogens with zero attached hydrogens (tertiary/aromatic N) is 3. The summed E-state index contributed by atoms with van der Waals surface area (Å²) in [6.07, 6.45) is 4.13. The summed E-state index contributed by atoms with van der Waals surface area (Å²) in [7, 11) is 0. The van der Waals surface area contributed by atoms with Crippen LogP contribution in [0.2, 0.25) is 0 Å². The molecule has 68 valence electrons. The average molecular weight is 168 g/mol. The highest BCUT2D eigenvalue weighted by Crippen LogP contribution is 2.04. The molecule has 0 aliphatic carbocycles. The average Bonchev–Trinajstić information content (AvgIpc) is 2.35. The monoisotopic (exact) mass is 168 g/mol. The van der Waals surface area contributed by atoms with Crippen LogP contribution in [0.25, 0.3) is 0 Å². The van der Waals surface area contributed by atoms with Gasteiger partial charge < -0.3 is 5.73 Å². The van der Waals surface area contributed by atoms with E-state index in [4.69, 9.17) is 5.73 Å². The van der Waals surface area contributed by atoms with Crippen molar-refractivity contribution in [2.75, 3.05) is 5.73 Å². The Hall–Kier alpha value is -1.06. The zero-order valence-corrected chi connectivity index (χ0v) is 7.70. The minimum absolute atomic E-state index is 0.500. The molecular weight excluding hydrogens is 152 g/mol. The van der Waals surface area contributed by atoms with E-state index in [1.807, 2.05) is 0 Å². The quantitative estimate of drug-likeness (QED) is 0.737. The Kier molecular flexibility index (Phi) is 3.08. The van der Waals surface area contributed by atoms with Gasteiger partial charge in [-0.1, -0.05) is 19.1 Å². The minimum atomic E-state index is 0.500. The smallest absolute Gasteiger partial charge is 0.165 e. The second-order valence-corrected chi connectivity index (χ2v) is 3.44. The Bertz CT molecular complexity index is 229. The van der Waals surface area contributed by atoms with Crippen molar-refractivity contribution < 1.29 is 0 Å². The number of nitrogens with two attached hydrogens (primary N) is 1. The molecular formula is C8H16N4. The van der Waals surface area contributed by atoms with Crippen molar-refractivity contribution in [1.82, 2.24) is 15.0 Å². The largest absolute Gasteiger partial charge is 0.381 e. The highest BCUT2D eigenvalue weighted by molar-refractivity contribution is 5.19. The molecule has 0 aliphatic heterocycles. The van der Waals surface area contributed by atoms with Gasteiger partial charge in [0, 0.05) is 6.54 Å². The van der Waals surface area contributed by atoms with Gasteiger partial charge in [0.25, 0.3) is 0 Å². The fourth-order valence-corrected chi connectivity index (χ4v) is 1.08. The number of aromatic nitrogens is 3. The lowest BCUT2D eigenvalue weighted by Crippen LogP contribution is -2.00. The summed E-state index contributed by atoms with van der Waals surface area (Å²) in [5.41, 5.74) is 5.42. The molecule has 0 aliphatic rings. The van der Waals surface area contributed by atoms with E-state index in [0.717, 1.165) is 18.9 Å². The third-order valence-electron chi connectivity index (χ3n) is 1.73. The van der Waals surface area contributed by atoms with Crippen molar-refractivity contribution in [2.24, 2.45) is 5.92 Å². The molecule has 1 aromatic heterocycles. The first kappa shape index (κ1) is 9.03. The lowest BCUT2D eigenvalue weighted by Gasteiger charge is -2.02. The summed E-state index contributed by atoms with van der Waals surface area (Å²) in [6, 6.07) is 0. The molecule has 0 bridgehead atoms. The van der Waals surface area contributed by atoms with Crippen molar-refractivity contribution in [3.63, 3.8) is 0 Å². The molecule has 0 aromatic carbocycles. The molecule has 4 nitrogen and oxygen atoms in total. The molecule has 0 radical (unpaired) electrons. The van der Waals surface area contributed by atoms with Crippen molar-refractivity contribution in [3.8, 4) is 0 Å². The lowest BCUT2D eigenvalue weighted by molar-refractivity contribution is 0.482. The van der Waals surface area contributed by atoms with E-state index in [9.17, 15) is 0 Å². The molecule has 4 heteroatoms. The van der Waals surface area contributed by atoms with E-state index < -0.39 is 0 Å². The van der Waals surface area contributed by atoms with Crippen molar-refractivity contribution in [3.05, 3.63) is 6.20 Å². The fraction of sp³-hybridized carbons (Fsp3) is 0.750. The van der Waals surface area contributed by atoms with E-state index >= 15 is 0 Å². The zero-order chi connectivity index (χ0) is 8.97. The number of hydrogen-bond donors (Lipinski definition) is 1. The Morgan fingerprint density at radius 3 is 2.83 bits per heavy atom. The Balaban J connectivity index is 2.24. The number of aryl methyl sites for hydroxylation is 1. The maximum absolute atomic E-state index is 5.42. The van der Waals surface area contributed by atoms with Gasteiger partial charge >= 0.3 is 0 Å². The van der Waals surface area contributed by atoms with Crippen LogP contribution in [0.5, 0.6) is 0 Å². The molecule has 12 heavy (non-hydrogen) atoms. The van der Waals surface area contributed by atoms with Crippen LogP contribution in [0.15, 0.2) is 6.20 Å². The summed E-state index contributed by atoms with van der Waals surface area (Å²) in [5.74, 6) is 1.26. The minimum Gasteiger partial charge on any atom is -0.381 e. The third kappa shape index (κ3) is 2.90. The molecule has 1 heterocycles. The number of hydrogen-bond acceptors (Lipinski definition) is 3. The van der Waals surface area contributed by atoms with E-state index in [1.165, 1.54) is 6.42 Å². The molecule has 1 aromatic rings. The lowest BCUT2D eigenvalue weighted by atomic mass is 10.1. The SMILES string of the molecule is CC(C)CCCn1cc(N)nn1. The molecule has 1 rings (SSSR count). The van der Waals surface area contributed by atoms with E-state index in [-0.39, 0.29) is 0 Å². The summed E-state index contributed by atoms with van der Waals surface area (Å²) in [4.78, 5) is 0. The molecule has 0 unspecified atom stereocenters. The van der Waals surface area contributed by atoms with E-state index in [1.54, 1.807) is 10.9 Å². The van der Waals surface area contributed by atoms with Gasteiger partial charge in [0.1, 0.15) is 0 Å². The van der Waals surface area contributed by atoms with Gasteiger partial charge in [-0.3, -0.25) is 4.68 Å². The highest BCUT2D eigenvalue weighted by Gasteiger charge is 1.97. The summed E-state index contributed by atoms with van der Waals surface area (Å²) < 4.78 is 1.79. The van der Waals surface area contributed by atoms with Crippen LogP contribution < -0.4 is 5.73 Å². The van der Waals surface area contributed by atoms with Gasteiger partial charge in [-0.2, -0.15) is 0 Å². The second-order valence-electron chi connectivity index (χ2n) is 3.44. The van der Waals surface area contributed by atoms with Crippen LogP contribution >= 0.6 is 0 Å². The summed E-state index contributed by atoms with van der Waals surface area (Å²) in [5, 5.41) is 7.56. The summed E-state index contributed by atoms with van der Waals surface area (Å²) in [6.45, 7) is 5.35. The van der Waals surface area contributed by atoms with E-state index in [2.05, 4.69) is 24.2 Å². The Morgan fingerprint density at radius 2 is 2.33 bits per heavy atom. The van der Waals surface area contributed by atoms with Crippen LogP contribution in [0.3, 0.4) is 0 Å². The normalized spacial score (nSPS) is 10.9. The van der Waals surface area contributed by atoms with Gasteiger partial charge in [0.05, 0.1) is 6.20 Å². The third-order valence-corrected chi connectivity index (χ3v) is 1.73. The van der Waals surface area contributed by atoms with Crippen molar-refractivity contribution in [2.45, 2.75) is 33.2 Å². The number of nitrogen functional groups attached to an aromatic ring is 1. The molecule has 0 atom stereocenters. The maximum atomic E-state index is 5.42. The van der Waals surface area contributed by atoms with Crippen LogP contribution in [-0.2, 0) is 6.54 Å². The summed E-state index contributed by atoms with van der Waals surface area (Å²) >= 11 is 0. The molecule has 0 amide bonds. The van der Waals surface area contributed by atoms with Gasteiger partial charge in [0.15, 0.2) is 5.82 Å². The predicted octanol–water partition coefficient (Wildman–Crippen LogP) is 1.30. The van der Waals surface area contributed by atoms with Crippen LogP contribution in [0.4, 0.5) is 5.82 Å². The van der Waals surface area contributed by atoms with Gasteiger partial charge in [0.2, 0.25) is 0 Å². The first-order valence-electron chi connectivity index (χ1n) is 4.34. The first-order valence-corrected chi connectivity index (χ1v) is 4.34. The number of anilines is 1.